The second-order valence-electron chi connectivity index (χ2n) is 4.10. The zero-order valence-corrected chi connectivity index (χ0v) is 12.4. The maximum absolute atomic E-state index is 10.9. The van der Waals surface area contributed by atoms with Crippen molar-refractivity contribution in [2.75, 3.05) is 13.2 Å². The van der Waals surface area contributed by atoms with E-state index in [0.717, 1.165) is 0 Å². The van der Waals surface area contributed by atoms with Crippen LogP contribution in [0, 0.1) is 0 Å². The van der Waals surface area contributed by atoms with Crippen molar-refractivity contribution < 1.29 is 19.4 Å². The zero-order chi connectivity index (χ0) is 15.2. The molecule has 0 aliphatic rings. The normalized spacial score (nSPS) is 10.2. The molecule has 0 heterocycles. The predicted molar refractivity (Wildman–Crippen MR) is 80.9 cm³/mol. The third-order valence-electron chi connectivity index (χ3n) is 2.60. The summed E-state index contributed by atoms with van der Waals surface area (Å²) in [6.07, 6.45) is 0. The summed E-state index contributed by atoms with van der Waals surface area (Å²) in [5, 5.41) is 9.77. The molecule has 0 unspecified atom stereocenters. The highest BCUT2D eigenvalue weighted by Gasteiger charge is 2.09. The van der Waals surface area contributed by atoms with Gasteiger partial charge in [0.1, 0.15) is 24.7 Å². The highest BCUT2D eigenvalue weighted by atomic mass is 35.5. The molecule has 0 atom stereocenters. The third kappa shape index (κ3) is 4.55. The quantitative estimate of drug-likeness (QED) is 0.810. The largest absolute Gasteiger partial charge is 0.490 e. The SMILES string of the molecule is O=C(O)c1cc(OCCOc2ccc(Cl)cc2)ccc1Cl. The first-order chi connectivity index (χ1) is 10.1. The van der Waals surface area contributed by atoms with Crippen molar-refractivity contribution >= 4 is 29.2 Å². The Kier molecular flexibility index (Phi) is 5.31. The van der Waals surface area contributed by atoms with E-state index >= 15 is 0 Å². The summed E-state index contributed by atoms with van der Waals surface area (Å²) in [6.45, 7) is 0.607. The summed E-state index contributed by atoms with van der Waals surface area (Å²) >= 11 is 11.5. The Bertz CT molecular complexity index is 626. The number of aromatic carboxylic acids is 1. The number of benzene rings is 2. The van der Waals surface area contributed by atoms with E-state index in [2.05, 4.69) is 0 Å². The average Bonchev–Trinajstić information content (AvgIpc) is 2.46. The lowest BCUT2D eigenvalue weighted by molar-refractivity contribution is 0.0696. The Labute approximate surface area is 131 Å². The van der Waals surface area contributed by atoms with Crippen LogP contribution in [-0.4, -0.2) is 24.3 Å². The number of carboxylic acid groups (broad SMARTS) is 1. The average molecular weight is 327 g/mol. The molecule has 0 spiro atoms. The van der Waals surface area contributed by atoms with Crippen LogP contribution in [0.4, 0.5) is 0 Å². The molecule has 2 rings (SSSR count). The number of hydrogen-bond acceptors (Lipinski definition) is 3. The molecule has 0 saturated heterocycles. The van der Waals surface area contributed by atoms with Crippen LogP contribution in [0.2, 0.25) is 10.0 Å². The molecule has 0 fully saturated rings. The number of halogens is 2. The number of hydrogen-bond donors (Lipinski definition) is 1. The van der Waals surface area contributed by atoms with Gasteiger partial charge >= 0.3 is 5.97 Å². The Hall–Kier alpha value is -1.91. The second kappa shape index (κ2) is 7.20. The highest BCUT2D eigenvalue weighted by Crippen LogP contribution is 2.22. The minimum atomic E-state index is -1.09. The van der Waals surface area contributed by atoms with E-state index in [1.165, 1.54) is 12.1 Å². The molecule has 0 bridgehead atoms. The van der Waals surface area contributed by atoms with Gasteiger partial charge in [0.25, 0.3) is 0 Å². The van der Waals surface area contributed by atoms with Crippen molar-refractivity contribution in [2.45, 2.75) is 0 Å². The minimum Gasteiger partial charge on any atom is -0.490 e. The molecular weight excluding hydrogens is 315 g/mol. The molecule has 0 aromatic heterocycles. The Morgan fingerprint density at radius 2 is 1.52 bits per heavy atom. The van der Waals surface area contributed by atoms with E-state index in [4.69, 9.17) is 37.8 Å². The van der Waals surface area contributed by atoms with Crippen molar-refractivity contribution in [3.8, 4) is 11.5 Å². The third-order valence-corrected chi connectivity index (χ3v) is 3.18. The summed E-state index contributed by atoms with van der Waals surface area (Å²) in [7, 11) is 0. The van der Waals surface area contributed by atoms with Gasteiger partial charge in [-0.2, -0.15) is 0 Å². The van der Waals surface area contributed by atoms with Crippen LogP contribution >= 0.6 is 23.2 Å². The van der Waals surface area contributed by atoms with Crippen molar-refractivity contribution in [3.05, 3.63) is 58.1 Å². The van der Waals surface area contributed by atoms with Crippen molar-refractivity contribution in [2.24, 2.45) is 0 Å². The standard InChI is InChI=1S/C15H12Cl2O4/c16-10-1-3-11(4-2-10)20-7-8-21-12-5-6-14(17)13(9-12)15(18)19/h1-6,9H,7-8H2,(H,18,19). The fourth-order valence-corrected chi connectivity index (χ4v) is 1.93. The number of carboxylic acids is 1. The Morgan fingerprint density at radius 1 is 0.952 bits per heavy atom. The molecule has 0 aliphatic carbocycles. The van der Waals surface area contributed by atoms with Crippen LogP contribution in [0.15, 0.2) is 42.5 Å². The summed E-state index contributed by atoms with van der Waals surface area (Å²) < 4.78 is 10.9. The van der Waals surface area contributed by atoms with Crippen molar-refractivity contribution in [1.29, 1.82) is 0 Å². The minimum absolute atomic E-state index is 0.00721. The lowest BCUT2D eigenvalue weighted by Crippen LogP contribution is -2.09. The first-order valence-electron chi connectivity index (χ1n) is 6.10. The van der Waals surface area contributed by atoms with Crippen LogP contribution in [0.5, 0.6) is 11.5 Å². The Balaban J connectivity index is 1.85. The summed E-state index contributed by atoms with van der Waals surface area (Å²) in [6, 6.07) is 11.5. The number of carbonyl (C=O) groups is 1. The monoisotopic (exact) mass is 326 g/mol. The van der Waals surface area contributed by atoms with Crippen LogP contribution < -0.4 is 9.47 Å². The van der Waals surface area contributed by atoms with Crippen LogP contribution in [-0.2, 0) is 0 Å². The molecule has 6 heteroatoms. The molecule has 0 radical (unpaired) electrons. The van der Waals surface area contributed by atoms with E-state index in [0.29, 0.717) is 23.1 Å². The van der Waals surface area contributed by atoms with E-state index < -0.39 is 5.97 Å². The number of ether oxygens (including phenoxy) is 2. The molecule has 0 aliphatic heterocycles. The lowest BCUT2D eigenvalue weighted by atomic mass is 10.2. The smallest absolute Gasteiger partial charge is 0.337 e. The fourth-order valence-electron chi connectivity index (χ4n) is 1.61. The molecule has 110 valence electrons. The lowest BCUT2D eigenvalue weighted by Gasteiger charge is -2.09. The van der Waals surface area contributed by atoms with E-state index in [1.54, 1.807) is 30.3 Å². The molecular formula is C15H12Cl2O4. The predicted octanol–water partition coefficient (Wildman–Crippen LogP) is 4.15. The highest BCUT2D eigenvalue weighted by molar-refractivity contribution is 6.33. The maximum Gasteiger partial charge on any atom is 0.337 e. The molecule has 0 amide bonds. The molecule has 2 aromatic rings. The first-order valence-corrected chi connectivity index (χ1v) is 6.86. The van der Waals surface area contributed by atoms with Crippen molar-refractivity contribution in [1.82, 2.24) is 0 Å². The van der Waals surface area contributed by atoms with Gasteiger partial charge in [0, 0.05) is 5.02 Å². The van der Waals surface area contributed by atoms with Crippen molar-refractivity contribution in [3.63, 3.8) is 0 Å². The first kappa shape index (κ1) is 15.5. The van der Waals surface area contributed by atoms with E-state index in [-0.39, 0.29) is 17.2 Å². The summed E-state index contributed by atoms with van der Waals surface area (Å²) in [5.41, 5.74) is 0.00721. The van der Waals surface area contributed by atoms with Gasteiger partial charge in [-0.15, -0.1) is 0 Å². The molecule has 1 N–H and O–H groups in total. The van der Waals surface area contributed by atoms with Crippen LogP contribution in [0.3, 0.4) is 0 Å². The van der Waals surface area contributed by atoms with Gasteiger partial charge in [0.15, 0.2) is 0 Å². The second-order valence-corrected chi connectivity index (χ2v) is 4.94. The van der Waals surface area contributed by atoms with E-state index in [1.807, 2.05) is 0 Å². The Morgan fingerprint density at radius 3 is 2.14 bits per heavy atom. The maximum atomic E-state index is 10.9. The molecule has 4 nitrogen and oxygen atoms in total. The van der Waals surface area contributed by atoms with Gasteiger partial charge in [-0.05, 0) is 42.5 Å². The van der Waals surface area contributed by atoms with Gasteiger partial charge in [-0.3, -0.25) is 0 Å². The fraction of sp³-hybridized carbons (Fsp3) is 0.133. The summed E-state index contributed by atoms with van der Waals surface area (Å²) in [5.74, 6) is 0.0182. The van der Waals surface area contributed by atoms with Crippen LogP contribution in [0.1, 0.15) is 10.4 Å². The molecule has 2 aromatic carbocycles. The van der Waals surface area contributed by atoms with Gasteiger partial charge in [-0.1, -0.05) is 23.2 Å². The van der Waals surface area contributed by atoms with Gasteiger partial charge < -0.3 is 14.6 Å². The zero-order valence-electron chi connectivity index (χ0n) is 10.9. The number of rotatable bonds is 6. The van der Waals surface area contributed by atoms with Gasteiger partial charge in [-0.25, -0.2) is 4.79 Å². The van der Waals surface area contributed by atoms with Crippen LogP contribution in [0.25, 0.3) is 0 Å². The topological polar surface area (TPSA) is 55.8 Å². The van der Waals surface area contributed by atoms with Gasteiger partial charge in [0.05, 0.1) is 10.6 Å². The molecule has 0 saturated carbocycles. The van der Waals surface area contributed by atoms with E-state index in [9.17, 15) is 4.79 Å². The summed E-state index contributed by atoms with van der Waals surface area (Å²) in [4.78, 5) is 10.9. The molecule has 21 heavy (non-hydrogen) atoms. The van der Waals surface area contributed by atoms with Gasteiger partial charge in [0.2, 0.25) is 0 Å².